The standard InChI is InChI=1S/C37H21F10N2O5/c1-48(2)15-6-9-18-21(12-15)52-22-13-16(49(3)4)7-10-19(22)23(18)20-11-14(36(50)53-34-30(44)26(40)24(38)27(41)31(34)45)5-8-17(20)37(51)54-35-32(46)28(42)25(39)29(43)33(35)47/h5-13H,1-4H3/q+1. The first-order valence-electron chi connectivity index (χ1n) is 15.2. The molecule has 1 aromatic heterocycles. The van der Waals surface area contributed by atoms with Crippen LogP contribution in [0.5, 0.6) is 11.5 Å². The van der Waals surface area contributed by atoms with Crippen LogP contribution in [-0.4, -0.2) is 40.1 Å². The minimum atomic E-state index is -2.53. The van der Waals surface area contributed by atoms with Gasteiger partial charge in [0, 0.05) is 45.1 Å². The molecule has 0 saturated heterocycles. The van der Waals surface area contributed by atoms with Crippen LogP contribution in [0, 0.1) is 58.2 Å². The van der Waals surface area contributed by atoms with Crippen molar-refractivity contribution in [1.82, 2.24) is 0 Å². The van der Waals surface area contributed by atoms with Crippen molar-refractivity contribution >= 4 is 45.3 Å². The predicted octanol–water partition coefficient (Wildman–Crippen LogP) is 9.50. The van der Waals surface area contributed by atoms with Crippen LogP contribution in [0.25, 0.3) is 33.1 Å². The third-order valence-corrected chi connectivity index (χ3v) is 8.19. The molecule has 278 valence electrons. The Morgan fingerprint density at radius 2 is 0.889 bits per heavy atom. The molecule has 0 aliphatic heterocycles. The van der Waals surface area contributed by atoms with Gasteiger partial charge in [0.1, 0.15) is 0 Å². The van der Waals surface area contributed by atoms with Gasteiger partial charge in [-0.2, -0.15) is 17.6 Å². The monoisotopic (exact) mass is 763 g/mol. The van der Waals surface area contributed by atoms with Crippen LogP contribution in [-0.2, 0) is 0 Å². The molecule has 0 spiro atoms. The van der Waals surface area contributed by atoms with Crippen LogP contribution in [0.3, 0.4) is 0 Å². The summed E-state index contributed by atoms with van der Waals surface area (Å²) in [6, 6.07) is 11.9. The van der Waals surface area contributed by atoms with Crippen molar-refractivity contribution < 1.29 is 67.4 Å². The summed E-state index contributed by atoms with van der Waals surface area (Å²) < 4.78 is 157. The molecule has 5 aromatic carbocycles. The van der Waals surface area contributed by atoms with Crippen molar-refractivity contribution in [2.75, 3.05) is 38.0 Å². The van der Waals surface area contributed by atoms with Crippen LogP contribution in [0.2, 0.25) is 0 Å². The molecule has 6 aromatic rings. The molecule has 54 heavy (non-hydrogen) atoms. The number of nitrogens with zero attached hydrogens (tertiary/aromatic N) is 2. The molecule has 1 heterocycles. The Labute approximate surface area is 297 Å². The smallest absolute Gasteiger partial charge is 0.363 e. The van der Waals surface area contributed by atoms with Gasteiger partial charge in [0.25, 0.3) is 0 Å². The molecule has 0 amide bonds. The zero-order chi connectivity index (χ0) is 39.5. The fourth-order valence-corrected chi connectivity index (χ4v) is 5.42. The van der Waals surface area contributed by atoms with Gasteiger partial charge in [-0.25, -0.2) is 40.3 Å². The van der Waals surface area contributed by atoms with Gasteiger partial charge in [-0.15, -0.1) is 0 Å². The number of halogens is 10. The molecule has 17 heteroatoms. The fourth-order valence-electron chi connectivity index (χ4n) is 5.42. The number of hydrogen-bond acceptors (Lipinski definition) is 6. The van der Waals surface area contributed by atoms with Gasteiger partial charge >= 0.3 is 23.1 Å². The molecule has 6 rings (SSSR count). The van der Waals surface area contributed by atoms with Crippen molar-refractivity contribution in [1.29, 1.82) is 0 Å². The fraction of sp³-hybridized carbons (Fsp3) is 0.108. The van der Waals surface area contributed by atoms with Crippen LogP contribution in [0.15, 0.2) is 59.0 Å². The summed E-state index contributed by atoms with van der Waals surface area (Å²) in [7, 11) is 6.89. The SMILES string of the molecule is CN(C)c1ccc2c(-c3cc(C(=O)Oc4c(F)c(F)c(F)c(F)c4F)ccc3C(=O)Oc3c(F)c(F)c(F)c(F)c3F)c3ccc(N(C)C)cc3[o+]c2c1. The first-order chi connectivity index (χ1) is 25.4. The van der Waals surface area contributed by atoms with E-state index in [1.165, 1.54) is 12.1 Å². The van der Waals surface area contributed by atoms with Gasteiger partial charge in [0.05, 0.1) is 34.0 Å². The molecule has 7 nitrogen and oxygen atoms in total. The maximum Gasteiger partial charge on any atom is 0.363 e. The van der Waals surface area contributed by atoms with Crippen molar-refractivity contribution in [2.24, 2.45) is 0 Å². The molecule has 0 aliphatic rings. The molecular formula is C37H21F10N2O5+. The first kappa shape index (κ1) is 37.4. The van der Waals surface area contributed by atoms with E-state index in [0.717, 1.165) is 18.2 Å². The van der Waals surface area contributed by atoms with Crippen LogP contribution in [0.1, 0.15) is 20.7 Å². The summed E-state index contributed by atoms with van der Waals surface area (Å²) in [5.74, 6) is -32.0. The third-order valence-electron chi connectivity index (χ3n) is 8.19. The second-order valence-corrected chi connectivity index (χ2v) is 12.0. The van der Waals surface area contributed by atoms with Gasteiger partial charge in [-0.3, -0.25) is 0 Å². The zero-order valence-corrected chi connectivity index (χ0v) is 27.9. The third kappa shape index (κ3) is 6.24. The Bertz CT molecular complexity index is 2450. The lowest BCUT2D eigenvalue weighted by atomic mass is 9.91. The number of hydrogen-bond donors (Lipinski definition) is 0. The van der Waals surface area contributed by atoms with Crippen LogP contribution < -0.4 is 19.3 Å². The van der Waals surface area contributed by atoms with Gasteiger partial charge in [0.2, 0.25) is 69.7 Å². The Balaban J connectivity index is 1.63. The Morgan fingerprint density at radius 3 is 1.30 bits per heavy atom. The first-order valence-corrected chi connectivity index (χ1v) is 15.2. The molecular weight excluding hydrogens is 742 g/mol. The molecule has 0 unspecified atom stereocenters. The zero-order valence-electron chi connectivity index (χ0n) is 27.9. The van der Waals surface area contributed by atoms with Crippen molar-refractivity contribution in [3.8, 4) is 22.6 Å². The lowest BCUT2D eigenvalue weighted by molar-refractivity contribution is 0.0703. The minimum Gasteiger partial charge on any atom is -0.416 e. The van der Waals surface area contributed by atoms with E-state index in [1.54, 1.807) is 62.3 Å². The number of esters is 2. The van der Waals surface area contributed by atoms with E-state index in [9.17, 15) is 53.5 Å². The molecule has 0 N–H and O–H groups in total. The number of benzene rings is 5. The molecule has 0 atom stereocenters. The highest BCUT2D eigenvalue weighted by Gasteiger charge is 2.33. The van der Waals surface area contributed by atoms with E-state index in [-0.39, 0.29) is 33.1 Å². The Kier molecular flexibility index (Phi) is 9.60. The van der Waals surface area contributed by atoms with E-state index in [0.29, 0.717) is 11.4 Å². The van der Waals surface area contributed by atoms with Gasteiger partial charge < -0.3 is 19.3 Å². The van der Waals surface area contributed by atoms with Crippen molar-refractivity contribution in [3.05, 3.63) is 124 Å². The van der Waals surface area contributed by atoms with Gasteiger partial charge in [-0.1, -0.05) is 0 Å². The van der Waals surface area contributed by atoms with E-state index in [4.69, 9.17) is 9.15 Å². The summed E-state index contributed by atoms with van der Waals surface area (Å²) in [5, 5.41) is 0.419. The lowest BCUT2D eigenvalue weighted by Crippen LogP contribution is -2.17. The summed E-state index contributed by atoms with van der Waals surface area (Å²) >= 11 is 0. The molecule has 0 fully saturated rings. The van der Waals surface area contributed by atoms with Gasteiger partial charge in [-0.05, 0) is 48.0 Å². The van der Waals surface area contributed by atoms with Crippen molar-refractivity contribution in [3.63, 3.8) is 0 Å². The number of ether oxygens (including phenoxy) is 2. The Hall–Kier alpha value is -6.39. The second-order valence-electron chi connectivity index (χ2n) is 12.0. The summed E-state index contributed by atoms with van der Waals surface area (Å²) in [6.07, 6.45) is 0. The largest absolute Gasteiger partial charge is 0.416 e. The second kappa shape index (κ2) is 13.9. The minimum absolute atomic E-state index is 0.0390. The van der Waals surface area contributed by atoms with E-state index >= 15 is 0 Å². The predicted molar refractivity (Wildman–Crippen MR) is 175 cm³/mol. The topological polar surface area (TPSA) is 70.4 Å². The highest BCUT2D eigenvalue weighted by Crippen LogP contribution is 2.42. The van der Waals surface area contributed by atoms with E-state index in [1.807, 2.05) is 0 Å². The highest BCUT2D eigenvalue weighted by molar-refractivity contribution is 6.14. The van der Waals surface area contributed by atoms with Crippen LogP contribution >= 0.6 is 0 Å². The average Bonchev–Trinajstić information content (AvgIpc) is 3.16. The molecule has 0 radical (unpaired) electrons. The summed E-state index contributed by atoms with van der Waals surface area (Å²) in [6.45, 7) is 0. The number of rotatable bonds is 7. The molecule has 0 saturated carbocycles. The number of anilines is 2. The van der Waals surface area contributed by atoms with Crippen LogP contribution in [0.4, 0.5) is 55.3 Å². The number of fused-ring (bicyclic) bond motifs is 2. The normalized spacial score (nSPS) is 11.3. The molecule has 0 bridgehead atoms. The van der Waals surface area contributed by atoms with E-state index in [2.05, 4.69) is 4.74 Å². The summed E-state index contributed by atoms with van der Waals surface area (Å²) in [4.78, 5) is 30.4. The average molecular weight is 764 g/mol. The molecule has 0 aliphatic carbocycles. The van der Waals surface area contributed by atoms with Crippen molar-refractivity contribution in [2.45, 2.75) is 0 Å². The maximum absolute atomic E-state index is 14.6. The van der Waals surface area contributed by atoms with Gasteiger partial charge in [0.15, 0.2) is 0 Å². The quantitative estimate of drug-likeness (QED) is 0.0305. The maximum atomic E-state index is 14.6. The summed E-state index contributed by atoms with van der Waals surface area (Å²) in [5.41, 5.74) is -0.125. The lowest BCUT2D eigenvalue weighted by Gasteiger charge is -2.16. The Morgan fingerprint density at radius 1 is 0.500 bits per heavy atom. The number of carbonyl (C=O) groups excluding carboxylic acids is 2. The highest BCUT2D eigenvalue weighted by atomic mass is 19.2. The number of carbonyl (C=O) groups is 2. The van der Waals surface area contributed by atoms with E-state index < -0.39 is 92.7 Å².